The molecule has 2 N–H and O–H groups in total. The Morgan fingerprint density at radius 2 is 1.97 bits per heavy atom. The van der Waals surface area contributed by atoms with Crippen LogP contribution in [0.1, 0.15) is 35.9 Å². The van der Waals surface area contributed by atoms with E-state index in [2.05, 4.69) is 27.7 Å². The van der Waals surface area contributed by atoms with E-state index in [0.29, 0.717) is 65.8 Å². The van der Waals surface area contributed by atoms with Gasteiger partial charge in [0, 0.05) is 37.8 Å². The summed E-state index contributed by atoms with van der Waals surface area (Å²) in [6.45, 7) is 5.89. The predicted octanol–water partition coefficient (Wildman–Crippen LogP) is 3.57. The molecular weight excluding hydrogens is 427 g/mol. The zero-order valence-electron chi connectivity index (χ0n) is 18.9. The lowest BCUT2D eigenvalue weighted by atomic mass is 10.1. The minimum absolute atomic E-state index is 0.00318. The van der Waals surface area contributed by atoms with Gasteiger partial charge in [-0.05, 0) is 38.8 Å². The second kappa shape index (κ2) is 8.18. The number of aryl methyl sites for hydroxylation is 1. The van der Waals surface area contributed by atoms with Crippen molar-refractivity contribution < 1.29 is 18.4 Å². The molecule has 0 unspecified atom stereocenters. The quantitative estimate of drug-likeness (QED) is 0.546. The number of rotatable bonds is 6. The normalized spacial score (nSPS) is 17.3. The molecule has 2 aliphatic rings. The van der Waals surface area contributed by atoms with Crippen molar-refractivity contribution in [1.82, 2.24) is 14.9 Å². The fourth-order valence-electron chi connectivity index (χ4n) is 4.25. The first-order valence-corrected chi connectivity index (χ1v) is 11.0. The van der Waals surface area contributed by atoms with Gasteiger partial charge in [-0.2, -0.15) is 0 Å². The molecule has 1 aliphatic carbocycles. The second-order valence-electron chi connectivity index (χ2n) is 8.87. The highest BCUT2D eigenvalue weighted by Crippen LogP contribution is 2.40. The molecule has 1 amide bonds. The van der Waals surface area contributed by atoms with Gasteiger partial charge in [0.15, 0.2) is 0 Å². The van der Waals surface area contributed by atoms with E-state index >= 15 is 0 Å². The Labute approximate surface area is 190 Å². The van der Waals surface area contributed by atoms with Crippen molar-refractivity contribution in [2.75, 3.05) is 49.0 Å². The highest BCUT2D eigenvalue weighted by atomic mass is 19.1. The smallest absolute Gasteiger partial charge is 0.258 e. The number of halogens is 1. The number of nitrogens with zero attached hydrogens (tertiary/aromatic N) is 4. The third-order valence-corrected chi connectivity index (χ3v) is 6.37. The van der Waals surface area contributed by atoms with Crippen LogP contribution in [0.15, 0.2) is 28.9 Å². The number of amides is 1. The maximum Gasteiger partial charge on any atom is 0.258 e. The fraction of sp³-hybridized carbons (Fsp3) is 0.435. The first kappa shape index (κ1) is 21.4. The van der Waals surface area contributed by atoms with Crippen LogP contribution in [0.4, 0.5) is 21.6 Å². The third-order valence-electron chi connectivity index (χ3n) is 6.37. The molecule has 1 saturated carbocycles. The van der Waals surface area contributed by atoms with Gasteiger partial charge in [0.25, 0.3) is 5.91 Å². The third kappa shape index (κ3) is 4.06. The zero-order chi connectivity index (χ0) is 23.2. The van der Waals surface area contributed by atoms with Crippen molar-refractivity contribution in [3.05, 3.63) is 41.7 Å². The molecular formula is C23H27FN6O3. The summed E-state index contributed by atoms with van der Waals surface area (Å²) in [6.07, 6.45) is 3.56. The van der Waals surface area contributed by atoms with Gasteiger partial charge >= 0.3 is 0 Å². The number of carbonyl (C=O) groups excluding carboxylic acids is 1. The Morgan fingerprint density at radius 3 is 2.64 bits per heavy atom. The monoisotopic (exact) mass is 454 g/mol. The van der Waals surface area contributed by atoms with Gasteiger partial charge in [-0.3, -0.25) is 15.1 Å². The molecule has 3 aromatic rings. The molecule has 10 heteroatoms. The number of piperazine rings is 1. The number of benzene rings is 1. The van der Waals surface area contributed by atoms with Crippen molar-refractivity contribution in [2.24, 2.45) is 0 Å². The highest BCUT2D eigenvalue weighted by molar-refractivity contribution is 6.10. The largest absolute Gasteiger partial charge is 0.442 e. The molecule has 5 rings (SSSR count). The maximum atomic E-state index is 14.6. The number of fused-ring (bicyclic) bond motifs is 1. The minimum Gasteiger partial charge on any atom is -0.442 e. The number of furan rings is 1. The number of nitrogens with one attached hydrogen (secondary N) is 2. The van der Waals surface area contributed by atoms with Crippen LogP contribution in [0.3, 0.4) is 0 Å². The van der Waals surface area contributed by atoms with Gasteiger partial charge in [0.2, 0.25) is 5.71 Å². The molecule has 1 saturated heterocycles. The maximum absolute atomic E-state index is 14.6. The lowest BCUT2D eigenvalue weighted by Crippen LogP contribution is -2.49. The van der Waals surface area contributed by atoms with Crippen LogP contribution >= 0.6 is 0 Å². The number of anilines is 3. The van der Waals surface area contributed by atoms with Gasteiger partial charge in [0.05, 0.1) is 29.4 Å². The molecule has 9 nitrogen and oxygen atoms in total. The minimum atomic E-state index is -0.338. The van der Waals surface area contributed by atoms with Crippen LogP contribution < -0.4 is 15.7 Å². The van der Waals surface area contributed by atoms with E-state index in [-0.39, 0.29) is 17.3 Å². The average Bonchev–Trinajstić information content (AvgIpc) is 3.42. The molecule has 1 aromatic carbocycles. The summed E-state index contributed by atoms with van der Waals surface area (Å²) in [4.78, 5) is 30.7. The Balaban J connectivity index is 1.35. The van der Waals surface area contributed by atoms with Crippen LogP contribution in [0.25, 0.3) is 11.1 Å². The molecule has 174 valence electrons. The topological polar surface area (TPSA) is 95.8 Å². The average molecular weight is 455 g/mol. The SMILES string of the molecule is CONc1ccc(N2CCN(C(=O)c3c(C)oc4ncnc(NC5(C)CC5)c34)CC2)c(F)c1. The number of carbonyl (C=O) groups is 1. The Bertz CT molecular complexity index is 1200. The van der Waals surface area contributed by atoms with E-state index in [1.807, 2.05) is 4.90 Å². The van der Waals surface area contributed by atoms with Gasteiger partial charge in [0.1, 0.15) is 23.7 Å². The van der Waals surface area contributed by atoms with Gasteiger partial charge in [-0.15, -0.1) is 0 Å². The van der Waals surface area contributed by atoms with E-state index in [4.69, 9.17) is 9.25 Å². The van der Waals surface area contributed by atoms with Gasteiger partial charge in [-0.25, -0.2) is 14.4 Å². The fourth-order valence-corrected chi connectivity index (χ4v) is 4.25. The molecule has 0 spiro atoms. The van der Waals surface area contributed by atoms with Crippen molar-refractivity contribution in [3.63, 3.8) is 0 Å². The zero-order valence-corrected chi connectivity index (χ0v) is 18.9. The van der Waals surface area contributed by atoms with Crippen LogP contribution in [0, 0.1) is 12.7 Å². The van der Waals surface area contributed by atoms with Crippen molar-refractivity contribution in [2.45, 2.75) is 32.2 Å². The Kier molecular flexibility index (Phi) is 5.32. The molecule has 0 bridgehead atoms. The van der Waals surface area contributed by atoms with E-state index < -0.39 is 0 Å². The van der Waals surface area contributed by atoms with E-state index in [0.717, 1.165) is 12.8 Å². The summed E-state index contributed by atoms with van der Waals surface area (Å²) in [7, 11) is 1.48. The first-order chi connectivity index (χ1) is 15.9. The molecule has 1 aliphatic heterocycles. The van der Waals surface area contributed by atoms with Crippen LogP contribution in [-0.2, 0) is 4.84 Å². The second-order valence-corrected chi connectivity index (χ2v) is 8.87. The molecule has 3 heterocycles. The Hall–Kier alpha value is -3.40. The predicted molar refractivity (Wildman–Crippen MR) is 123 cm³/mol. The number of hydrogen-bond donors (Lipinski definition) is 2. The molecule has 0 radical (unpaired) electrons. The summed E-state index contributed by atoms with van der Waals surface area (Å²) in [5.74, 6) is 0.694. The lowest BCUT2D eigenvalue weighted by molar-refractivity contribution is 0.0746. The van der Waals surface area contributed by atoms with Crippen molar-refractivity contribution >= 4 is 34.2 Å². The van der Waals surface area contributed by atoms with E-state index in [9.17, 15) is 9.18 Å². The molecule has 2 fully saturated rings. The standard InChI is InChI=1S/C23H27FN6O3/c1-14-18(19-20(27-23(2)6-7-23)25-13-26-21(19)33-14)22(31)30-10-8-29(9-11-30)17-5-4-15(28-32-3)12-16(17)24/h4-5,12-13,28H,6-11H2,1-3H3,(H,25,26,27). The molecule has 2 aromatic heterocycles. The van der Waals surface area contributed by atoms with E-state index in [1.165, 1.54) is 19.5 Å². The summed E-state index contributed by atoms with van der Waals surface area (Å²) in [5, 5.41) is 4.08. The van der Waals surface area contributed by atoms with Crippen molar-refractivity contribution in [3.8, 4) is 0 Å². The van der Waals surface area contributed by atoms with Crippen LogP contribution in [0.2, 0.25) is 0 Å². The van der Waals surface area contributed by atoms with Crippen molar-refractivity contribution in [1.29, 1.82) is 0 Å². The summed E-state index contributed by atoms with van der Waals surface area (Å²) in [6, 6.07) is 4.87. The van der Waals surface area contributed by atoms with Crippen LogP contribution in [0.5, 0.6) is 0 Å². The molecule has 0 atom stereocenters. The summed E-state index contributed by atoms with van der Waals surface area (Å²) < 4.78 is 20.4. The summed E-state index contributed by atoms with van der Waals surface area (Å²) >= 11 is 0. The highest BCUT2D eigenvalue weighted by Gasteiger charge is 2.39. The summed E-state index contributed by atoms with van der Waals surface area (Å²) in [5.41, 5.74) is 4.57. The van der Waals surface area contributed by atoms with Gasteiger partial charge < -0.3 is 19.5 Å². The number of hydrogen-bond acceptors (Lipinski definition) is 8. The van der Waals surface area contributed by atoms with Crippen LogP contribution in [-0.4, -0.2) is 59.6 Å². The Morgan fingerprint density at radius 1 is 1.21 bits per heavy atom. The van der Waals surface area contributed by atoms with Gasteiger partial charge in [-0.1, -0.05) is 0 Å². The lowest BCUT2D eigenvalue weighted by Gasteiger charge is -2.36. The van der Waals surface area contributed by atoms with E-state index in [1.54, 1.807) is 24.0 Å². The number of aromatic nitrogens is 2. The first-order valence-electron chi connectivity index (χ1n) is 11.0. The molecule has 33 heavy (non-hydrogen) atoms.